The molecule has 1 N–H and O–H groups in total. The van der Waals surface area contributed by atoms with Crippen LogP contribution in [0.15, 0.2) is 41.3 Å². The molecule has 0 aliphatic carbocycles. The van der Waals surface area contributed by atoms with Crippen LogP contribution in [0.25, 0.3) is 0 Å². The molecule has 2 aromatic carbocycles. The normalized spacial score (nSPS) is 12.8. The van der Waals surface area contributed by atoms with E-state index >= 15 is 0 Å². The minimum Gasteiger partial charge on any atom is -0.506 e. The first-order valence-electron chi connectivity index (χ1n) is 7.15. The van der Waals surface area contributed by atoms with Gasteiger partial charge in [-0.2, -0.15) is 8.42 Å². The number of aldehydes is 1. The summed E-state index contributed by atoms with van der Waals surface area (Å²) in [4.78, 5) is 11.4. The van der Waals surface area contributed by atoms with Crippen molar-refractivity contribution in [3.05, 3.63) is 58.1 Å². The summed E-state index contributed by atoms with van der Waals surface area (Å²) in [7, 11) is -3.97. The molecule has 5 nitrogen and oxygen atoms in total. The summed E-state index contributed by atoms with van der Waals surface area (Å²) in [5.41, 5.74) is 1.80. The SMILES string of the molecule is Cc1ccc(S(=O)(=O)OCC(C=O)c2ccc(Cl)c(O)c2C)cc1. The molecule has 24 heavy (non-hydrogen) atoms. The molecule has 0 saturated carbocycles. The van der Waals surface area contributed by atoms with Crippen molar-refractivity contribution < 1.29 is 22.5 Å². The molecule has 0 aliphatic heterocycles. The number of hydrogen-bond acceptors (Lipinski definition) is 5. The smallest absolute Gasteiger partial charge is 0.297 e. The van der Waals surface area contributed by atoms with E-state index in [1.54, 1.807) is 25.1 Å². The highest BCUT2D eigenvalue weighted by Crippen LogP contribution is 2.32. The average molecular weight is 369 g/mol. The van der Waals surface area contributed by atoms with E-state index in [1.807, 2.05) is 6.92 Å². The van der Waals surface area contributed by atoms with Crippen molar-refractivity contribution in [2.24, 2.45) is 0 Å². The van der Waals surface area contributed by atoms with Crippen LogP contribution in [0, 0.1) is 13.8 Å². The van der Waals surface area contributed by atoms with Crippen LogP contribution in [0.5, 0.6) is 5.75 Å². The molecule has 128 valence electrons. The third-order valence-electron chi connectivity index (χ3n) is 3.70. The van der Waals surface area contributed by atoms with E-state index in [0.29, 0.717) is 17.4 Å². The van der Waals surface area contributed by atoms with Crippen molar-refractivity contribution >= 4 is 28.0 Å². The summed E-state index contributed by atoms with van der Waals surface area (Å²) in [6, 6.07) is 9.23. The first kappa shape index (κ1) is 18.4. The zero-order valence-corrected chi connectivity index (χ0v) is 14.8. The maximum atomic E-state index is 12.2. The third kappa shape index (κ3) is 3.95. The van der Waals surface area contributed by atoms with Crippen molar-refractivity contribution in [2.75, 3.05) is 6.61 Å². The Balaban J connectivity index is 2.21. The van der Waals surface area contributed by atoms with E-state index in [0.717, 1.165) is 5.56 Å². The number of carbonyl (C=O) groups excluding carboxylic acids is 1. The van der Waals surface area contributed by atoms with Gasteiger partial charge in [0.2, 0.25) is 0 Å². The highest BCUT2D eigenvalue weighted by molar-refractivity contribution is 7.86. The number of rotatable bonds is 6. The van der Waals surface area contributed by atoms with Gasteiger partial charge >= 0.3 is 0 Å². The third-order valence-corrected chi connectivity index (χ3v) is 5.30. The summed E-state index contributed by atoms with van der Waals surface area (Å²) < 4.78 is 29.4. The zero-order chi connectivity index (χ0) is 17.9. The molecule has 0 aliphatic rings. The number of phenols is 1. The van der Waals surface area contributed by atoms with Crippen molar-refractivity contribution in [3.8, 4) is 5.75 Å². The molecule has 7 heteroatoms. The van der Waals surface area contributed by atoms with Crippen molar-refractivity contribution in [2.45, 2.75) is 24.7 Å². The predicted molar refractivity (Wildman–Crippen MR) is 91.0 cm³/mol. The second kappa shape index (κ2) is 7.34. The molecule has 2 rings (SSSR count). The summed E-state index contributed by atoms with van der Waals surface area (Å²) in [6.45, 7) is 3.08. The molecule has 0 saturated heterocycles. The van der Waals surface area contributed by atoms with Crippen molar-refractivity contribution in [1.29, 1.82) is 0 Å². The maximum Gasteiger partial charge on any atom is 0.297 e. The molecule has 0 spiro atoms. The Morgan fingerprint density at radius 2 is 1.79 bits per heavy atom. The predicted octanol–water partition coefficient (Wildman–Crippen LogP) is 3.35. The topological polar surface area (TPSA) is 80.7 Å². The maximum absolute atomic E-state index is 12.2. The van der Waals surface area contributed by atoms with Gasteiger partial charge in [0.25, 0.3) is 10.1 Å². The van der Waals surface area contributed by atoms with Gasteiger partial charge in [0.1, 0.15) is 12.0 Å². The van der Waals surface area contributed by atoms with E-state index in [2.05, 4.69) is 0 Å². The van der Waals surface area contributed by atoms with Crippen LogP contribution in [0.1, 0.15) is 22.6 Å². The van der Waals surface area contributed by atoms with Crippen molar-refractivity contribution in [3.63, 3.8) is 0 Å². The zero-order valence-electron chi connectivity index (χ0n) is 13.2. The number of halogens is 1. The fraction of sp³-hybridized carbons (Fsp3) is 0.235. The Labute approximate surface area is 146 Å². The lowest BCUT2D eigenvalue weighted by atomic mass is 9.96. The standard InChI is InChI=1S/C17H17ClO5S/c1-11-3-5-14(6-4-11)24(21,22)23-10-13(9-19)15-7-8-16(18)17(20)12(15)2/h3-9,13,20H,10H2,1-2H3. The molecule has 2 aromatic rings. The molecule has 1 unspecified atom stereocenters. The lowest BCUT2D eigenvalue weighted by molar-refractivity contribution is -0.109. The number of benzene rings is 2. The summed E-state index contributed by atoms with van der Waals surface area (Å²) >= 11 is 5.81. The first-order chi connectivity index (χ1) is 11.3. The number of phenolic OH excluding ortho intramolecular Hbond substituents is 1. The fourth-order valence-electron chi connectivity index (χ4n) is 2.22. The van der Waals surface area contributed by atoms with E-state index < -0.39 is 16.0 Å². The molecule has 0 bridgehead atoms. The average Bonchev–Trinajstić information content (AvgIpc) is 2.55. The van der Waals surface area contributed by atoms with Gasteiger partial charge in [-0.15, -0.1) is 0 Å². The molecular formula is C17H17ClO5S. The van der Waals surface area contributed by atoms with Crippen LogP contribution in [0.3, 0.4) is 0 Å². The Morgan fingerprint density at radius 1 is 1.17 bits per heavy atom. The molecule has 0 aromatic heterocycles. The minimum atomic E-state index is -3.97. The quantitative estimate of drug-likeness (QED) is 0.624. The molecule has 0 radical (unpaired) electrons. The van der Waals surface area contributed by atoms with Gasteiger partial charge in [-0.3, -0.25) is 4.18 Å². The van der Waals surface area contributed by atoms with Crippen LogP contribution < -0.4 is 0 Å². The summed E-state index contributed by atoms with van der Waals surface area (Å²) in [6.07, 6.45) is 0.584. The molecule has 0 fully saturated rings. The van der Waals surface area contributed by atoms with E-state index in [1.165, 1.54) is 18.2 Å². The van der Waals surface area contributed by atoms with Crippen LogP contribution in [0.4, 0.5) is 0 Å². The lowest BCUT2D eigenvalue weighted by Gasteiger charge is -2.15. The first-order valence-corrected chi connectivity index (χ1v) is 8.94. The lowest BCUT2D eigenvalue weighted by Crippen LogP contribution is -2.15. The Morgan fingerprint density at radius 3 is 2.38 bits per heavy atom. The van der Waals surface area contributed by atoms with Gasteiger partial charge < -0.3 is 9.90 Å². The van der Waals surface area contributed by atoms with Gasteiger partial charge in [-0.25, -0.2) is 0 Å². The van der Waals surface area contributed by atoms with E-state index in [-0.39, 0.29) is 22.3 Å². The molecule has 1 atom stereocenters. The van der Waals surface area contributed by atoms with Gasteiger partial charge in [-0.1, -0.05) is 35.4 Å². The second-order valence-electron chi connectivity index (χ2n) is 5.40. The van der Waals surface area contributed by atoms with Crippen LogP contribution in [0.2, 0.25) is 5.02 Å². The monoisotopic (exact) mass is 368 g/mol. The van der Waals surface area contributed by atoms with Crippen LogP contribution >= 0.6 is 11.6 Å². The fourth-order valence-corrected chi connectivity index (χ4v) is 3.36. The summed E-state index contributed by atoms with van der Waals surface area (Å²) in [5.74, 6) is -0.976. The largest absolute Gasteiger partial charge is 0.506 e. The molecule has 0 amide bonds. The van der Waals surface area contributed by atoms with Gasteiger partial charge in [0.05, 0.1) is 22.4 Å². The van der Waals surface area contributed by atoms with Gasteiger partial charge in [0.15, 0.2) is 0 Å². The highest BCUT2D eigenvalue weighted by Gasteiger charge is 2.22. The highest BCUT2D eigenvalue weighted by atomic mass is 35.5. The Kier molecular flexibility index (Phi) is 5.64. The number of hydrogen-bond donors (Lipinski definition) is 1. The minimum absolute atomic E-state index is 0.0217. The van der Waals surface area contributed by atoms with Crippen molar-refractivity contribution in [1.82, 2.24) is 0 Å². The summed E-state index contributed by atoms with van der Waals surface area (Å²) in [5, 5.41) is 10.0. The van der Waals surface area contributed by atoms with E-state index in [9.17, 15) is 18.3 Å². The number of aryl methyl sites for hydroxylation is 1. The molecule has 0 heterocycles. The van der Waals surface area contributed by atoms with Gasteiger partial charge in [0, 0.05) is 0 Å². The Hall–Kier alpha value is -1.89. The van der Waals surface area contributed by atoms with Gasteiger partial charge in [-0.05, 0) is 43.2 Å². The number of aromatic hydroxyl groups is 1. The Bertz CT molecular complexity index is 844. The molecular weight excluding hydrogens is 352 g/mol. The van der Waals surface area contributed by atoms with E-state index in [4.69, 9.17) is 15.8 Å². The second-order valence-corrected chi connectivity index (χ2v) is 7.43. The van der Waals surface area contributed by atoms with Crippen LogP contribution in [-0.4, -0.2) is 26.4 Å². The van der Waals surface area contributed by atoms with Crippen LogP contribution in [-0.2, 0) is 19.1 Å². The number of carbonyl (C=O) groups is 1.